The third-order valence-corrected chi connectivity index (χ3v) is 7.13. The summed E-state index contributed by atoms with van der Waals surface area (Å²) in [5.74, 6) is -1.61. The summed E-state index contributed by atoms with van der Waals surface area (Å²) in [6.45, 7) is 13.7. The van der Waals surface area contributed by atoms with E-state index in [1.54, 1.807) is 0 Å². The fourth-order valence-electron chi connectivity index (χ4n) is 4.90. The number of aliphatic hydroxyl groups excluding tert-OH is 1. The molecule has 2 aromatic rings. The number of fused-ring (bicyclic) bond motifs is 2. The van der Waals surface area contributed by atoms with E-state index in [2.05, 4.69) is 6.08 Å². The number of rotatable bonds is 9. The molecule has 3 N–H and O–H groups in total. The van der Waals surface area contributed by atoms with Gasteiger partial charge in [0.2, 0.25) is 11.2 Å². The molecule has 1 heterocycles. The van der Waals surface area contributed by atoms with Crippen LogP contribution in [-0.4, -0.2) is 21.1 Å². The van der Waals surface area contributed by atoms with Gasteiger partial charge < -0.3 is 19.7 Å². The van der Waals surface area contributed by atoms with Crippen molar-refractivity contribution in [2.75, 3.05) is 0 Å². The number of carbonyl (C=O) groups excluding carboxylic acids is 1. The SMILES string of the molecule is CC(C)=CCC/C(C)=C/C[C@@]1(CC=C(C)C)C(=O)C(O)=Cc2oc3c(CC=C(C)C)c(O)cc(O)c3c(=O)c21. The third-order valence-electron chi connectivity index (χ3n) is 7.13. The molecule has 0 spiro atoms. The molecule has 1 aromatic heterocycles. The molecule has 0 fully saturated rings. The number of hydrogen-bond donors (Lipinski definition) is 3. The number of aromatic hydroxyl groups is 2. The predicted molar refractivity (Wildman–Crippen MR) is 157 cm³/mol. The van der Waals surface area contributed by atoms with Crippen LogP contribution in [0, 0.1) is 0 Å². The Balaban J connectivity index is 2.34. The lowest BCUT2D eigenvalue weighted by molar-refractivity contribution is -0.123. The van der Waals surface area contributed by atoms with Gasteiger partial charge in [0, 0.05) is 17.7 Å². The molecule has 0 amide bonds. The molecule has 1 aliphatic carbocycles. The summed E-state index contributed by atoms with van der Waals surface area (Å²) in [5, 5.41) is 32.1. The van der Waals surface area contributed by atoms with Gasteiger partial charge in [0.1, 0.15) is 28.2 Å². The largest absolute Gasteiger partial charge is 0.507 e. The van der Waals surface area contributed by atoms with Crippen molar-refractivity contribution in [1.82, 2.24) is 0 Å². The van der Waals surface area contributed by atoms with Gasteiger partial charge in [-0.1, -0.05) is 46.6 Å². The van der Waals surface area contributed by atoms with Crippen molar-refractivity contribution in [3.05, 3.63) is 85.5 Å². The Morgan fingerprint density at radius 2 is 1.46 bits per heavy atom. The van der Waals surface area contributed by atoms with Crippen LogP contribution >= 0.6 is 0 Å². The van der Waals surface area contributed by atoms with Gasteiger partial charge in [-0.05, 0) is 80.6 Å². The average Bonchev–Trinajstić information content (AvgIpc) is 2.83. The van der Waals surface area contributed by atoms with E-state index in [0.717, 1.165) is 35.6 Å². The van der Waals surface area contributed by atoms with Gasteiger partial charge in [0.05, 0.1) is 11.0 Å². The summed E-state index contributed by atoms with van der Waals surface area (Å²) in [6.07, 6.45) is 11.3. The van der Waals surface area contributed by atoms with E-state index in [4.69, 9.17) is 4.42 Å². The summed E-state index contributed by atoms with van der Waals surface area (Å²) in [7, 11) is 0. The van der Waals surface area contributed by atoms with Crippen molar-refractivity contribution in [2.24, 2.45) is 0 Å². The van der Waals surface area contributed by atoms with Crippen LogP contribution in [0.5, 0.6) is 11.5 Å². The van der Waals surface area contributed by atoms with Crippen LogP contribution < -0.4 is 5.43 Å². The molecule has 39 heavy (non-hydrogen) atoms. The minimum atomic E-state index is -1.41. The molecule has 0 unspecified atom stereocenters. The predicted octanol–water partition coefficient (Wildman–Crippen LogP) is 7.87. The fraction of sp³-hybridized carbons (Fsp3) is 0.394. The van der Waals surface area contributed by atoms with Crippen LogP contribution in [0.25, 0.3) is 17.0 Å². The number of allylic oxidation sites excluding steroid dienone is 9. The first-order valence-corrected chi connectivity index (χ1v) is 13.3. The lowest BCUT2D eigenvalue weighted by Gasteiger charge is -2.34. The number of phenolic OH excluding ortho intramolecular Hbond substituents is 2. The second kappa shape index (κ2) is 11.9. The minimum absolute atomic E-state index is 0.0386. The zero-order chi connectivity index (χ0) is 29.1. The van der Waals surface area contributed by atoms with Gasteiger partial charge in [0.25, 0.3) is 0 Å². The summed E-state index contributed by atoms with van der Waals surface area (Å²) in [4.78, 5) is 27.9. The standard InChI is InChI=1S/C33H40O6/c1-19(2)9-8-10-22(7)14-16-33(15-13-21(5)6)29-27(18-26(36)32(33)38)39-31-23(12-11-20(3)4)24(34)17-25(35)28(31)30(29)37/h9,11,13-14,17-18,34-36H,8,10,12,15-16H2,1-7H3/b22-14+/t33-/m1/s1. The number of hydrogen-bond acceptors (Lipinski definition) is 6. The molecule has 6 nitrogen and oxygen atoms in total. The van der Waals surface area contributed by atoms with Crippen molar-refractivity contribution < 1.29 is 24.5 Å². The first-order valence-electron chi connectivity index (χ1n) is 13.3. The van der Waals surface area contributed by atoms with Crippen molar-refractivity contribution in [3.63, 3.8) is 0 Å². The summed E-state index contributed by atoms with van der Waals surface area (Å²) in [6, 6.07) is 1.14. The average molecular weight is 533 g/mol. The highest BCUT2D eigenvalue weighted by molar-refractivity contribution is 6.08. The van der Waals surface area contributed by atoms with E-state index < -0.39 is 28.1 Å². The highest BCUT2D eigenvalue weighted by atomic mass is 16.3. The van der Waals surface area contributed by atoms with Gasteiger partial charge >= 0.3 is 0 Å². The topological polar surface area (TPSA) is 108 Å². The molecule has 0 bridgehead atoms. The second-order valence-electron chi connectivity index (χ2n) is 11.3. The number of phenols is 2. The zero-order valence-electron chi connectivity index (χ0n) is 24.1. The molecule has 1 atom stereocenters. The van der Waals surface area contributed by atoms with E-state index >= 15 is 0 Å². The van der Waals surface area contributed by atoms with Gasteiger partial charge in [-0.3, -0.25) is 9.59 Å². The smallest absolute Gasteiger partial charge is 0.208 e. The maximum atomic E-state index is 14.2. The van der Waals surface area contributed by atoms with Crippen LogP contribution in [0.4, 0.5) is 0 Å². The van der Waals surface area contributed by atoms with E-state index in [1.807, 2.05) is 66.7 Å². The maximum absolute atomic E-state index is 14.2. The molecule has 0 saturated heterocycles. The molecular weight excluding hydrogens is 492 g/mol. The first kappa shape index (κ1) is 29.8. The Hall–Kier alpha value is -3.80. The Labute approximate surface area is 230 Å². The number of aliphatic hydroxyl groups is 1. The fourth-order valence-corrected chi connectivity index (χ4v) is 4.90. The number of ketones is 1. The molecule has 0 aliphatic heterocycles. The quantitative estimate of drug-likeness (QED) is 0.284. The lowest BCUT2D eigenvalue weighted by atomic mass is 9.67. The Morgan fingerprint density at radius 3 is 2.08 bits per heavy atom. The molecular formula is C33H40O6. The van der Waals surface area contributed by atoms with Gasteiger partial charge in [-0.2, -0.15) is 0 Å². The Kier molecular flexibility index (Phi) is 9.10. The molecule has 208 valence electrons. The van der Waals surface area contributed by atoms with Crippen molar-refractivity contribution in [3.8, 4) is 11.5 Å². The number of Topliss-reactive ketones (excluding diaryl/α,β-unsaturated/α-hetero) is 1. The van der Waals surface area contributed by atoms with Crippen LogP contribution in [-0.2, 0) is 16.6 Å². The minimum Gasteiger partial charge on any atom is -0.507 e. The van der Waals surface area contributed by atoms with Crippen molar-refractivity contribution >= 4 is 22.8 Å². The van der Waals surface area contributed by atoms with E-state index in [-0.39, 0.29) is 47.3 Å². The van der Waals surface area contributed by atoms with Crippen LogP contribution in [0.3, 0.4) is 0 Å². The van der Waals surface area contributed by atoms with Crippen molar-refractivity contribution in [2.45, 2.75) is 86.0 Å². The molecule has 0 saturated carbocycles. The normalized spacial score (nSPS) is 16.9. The lowest BCUT2D eigenvalue weighted by Crippen LogP contribution is -2.43. The van der Waals surface area contributed by atoms with Gasteiger partial charge in [-0.25, -0.2) is 0 Å². The van der Waals surface area contributed by atoms with Crippen LogP contribution in [0.15, 0.2) is 67.6 Å². The van der Waals surface area contributed by atoms with Crippen molar-refractivity contribution in [1.29, 1.82) is 0 Å². The molecule has 3 rings (SSSR count). The third kappa shape index (κ3) is 6.27. The van der Waals surface area contributed by atoms with E-state index in [1.165, 1.54) is 11.6 Å². The molecule has 1 aromatic carbocycles. The van der Waals surface area contributed by atoms with E-state index in [9.17, 15) is 24.9 Å². The monoisotopic (exact) mass is 532 g/mol. The Morgan fingerprint density at radius 1 is 0.846 bits per heavy atom. The number of carbonyl (C=O) groups is 1. The summed E-state index contributed by atoms with van der Waals surface area (Å²) >= 11 is 0. The second-order valence-corrected chi connectivity index (χ2v) is 11.3. The number of benzene rings is 1. The van der Waals surface area contributed by atoms with Gasteiger partial charge in [0.15, 0.2) is 5.76 Å². The van der Waals surface area contributed by atoms with Crippen LogP contribution in [0.2, 0.25) is 0 Å². The molecule has 1 aliphatic rings. The maximum Gasteiger partial charge on any atom is 0.208 e. The summed E-state index contributed by atoms with van der Waals surface area (Å²) < 4.78 is 6.18. The van der Waals surface area contributed by atoms with Gasteiger partial charge in [-0.15, -0.1) is 0 Å². The highest BCUT2D eigenvalue weighted by Crippen LogP contribution is 2.44. The summed E-state index contributed by atoms with van der Waals surface area (Å²) in [5.41, 5.74) is 2.80. The Bertz CT molecular complexity index is 1500. The highest BCUT2D eigenvalue weighted by Gasteiger charge is 2.47. The molecule has 0 radical (unpaired) electrons. The van der Waals surface area contributed by atoms with E-state index in [0.29, 0.717) is 5.56 Å². The zero-order valence-corrected chi connectivity index (χ0v) is 24.1. The molecule has 6 heteroatoms. The first-order chi connectivity index (χ1) is 18.3. The van der Waals surface area contributed by atoms with Crippen LogP contribution in [0.1, 0.15) is 91.0 Å².